The topological polar surface area (TPSA) is 71.1 Å². The third kappa shape index (κ3) is 5.24. The van der Waals surface area contributed by atoms with Crippen LogP contribution in [0.1, 0.15) is 47.4 Å². The van der Waals surface area contributed by atoms with Crippen LogP contribution in [-0.2, 0) is 9.78 Å². The van der Waals surface area contributed by atoms with E-state index >= 15 is 0 Å². The predicted molar refractivity (Wildman–Crippen MR) is 95.3 cm³/mol. The summed E-state index contributed by atoms with van der Waals surface area (Å²) in [5.74, 6) is -0.863. The van der Waals surface area contributed by atoms with Gasteiger partial charge in [-0.25, -0.2) is 19.4 Å². The molecule has 0 spiro atoms. The lowest BCUT2D eigenvalue weighted by Crippen LogP contribution is -2.14. The standard InChI is InChI=1S/C20H22O6/c1-3-13-23-17-11-7-5-9-15(17)19(21)25-26-20(22)16-10-6-8-12-18(16)24-14-4-2/h5-12H,3-4,13-14H2,1-2H3. The maximum absolute atomic E-state index is 12.2. The molecular formula is C20H22O6. The minimum absolute atomic E-state index is 0.185. The summed E-state index contributed by atoms with van der Waals surface area (Å²) < 4.78 is 11.0. The molecule has 2 aromatic carbocycles. The third-order valence-electron chi connectivity index (χ3n) is 3.33. The monoisotopic (exact) mass is 358 g/mol. The maximum Gasteiger partial charge on any atom is 0.390 e. The summed E-state index contributed by atoms with van der Waals surface area (Å²) in [7, 11) is 0. The Morgan fingerprint density at radius 3 is 1.46 bits per heavy atom. The van der Waals surface area contributed by atoms with Crippen LogP contribution in [0.3, 0.4) is 0 Å². The highest BCUT2D eigenvalue weighted by Crippen LogP contribution is 2.21. The summed E-state index contributed by atoms with van der Waals surface area (Å²) in [6.07, 6.45) is 1.60. The molecule has 0 fully saturated rings. The first kappa shape index (κ1) is 19.3. The molecule has 2 aromatic rings. The van der Waals surface area contributed by atoms with Crippen molar-refractivity contribution in [3.63, 3.8) is 0 Å². The zero-order valence-corrected chi connectivity index (χ0v) is 14.9. The van der Waals surface area contributed by atoms with Gasteiger partial charge in [0.2, 0.25) is 0 Å². The Morgan fingerprint density at radius 2 is 1.08 bits per heavy atom. The van der Waals surface area contributed by atoms with E-state index in [2.05, 4.69) is 0 Å². The molecule has 0 atom stereocenters. The van der Waals surface area contributed by atoms with Gasteiger partial charge in [-0.05, 0) is 37.1 Å². The van der Waals surface area contributed by atoms with Gasteiger partial charge in [-0.15, -0.1) is 0 Å². The molecule has 0 saturated heterocycles. The fourth-order valence-corrected chi connectivity index (χ4v) is 2.11. The zero-order valence-electron chi connectivity index (χ0n) is 14.9. The van der Waals surface area contributed by atoms with Crippen LogP contribution in [0, 0.1) is 0 Å². The molecule has 0 heterocycles. The van der Waals surface area contributed by atoms with E-state index in [0.29, 0.717) is 24.7 Å². The Labute approximate surface area is 152 Å². The summed E-state index contributed by atoms with van der Waals surface area (Å²) in [5, 5.41) is 0. The number of ether oxygens (including phenoxy) is 2. The van der Waals surface area contributed by atoms with Crippen molar-refractivity contribution in [2.45, 2.75) is 26.7 Å². The van der Waals surface area contributed by atoms with Crippen LogP contribution in [0.4, 0.5) is 0 Å². The van der Waals surface area contributed by atoms with Gasteiger partial charge in [-0.2, -0.15) is 0 Å². The summed E-state index contributed by atoms with van der Waals surface area (Å²) in [6, 6.07) is 13.2. The van der Waals surface area contributed by atoms with Gasteiger partial charge >= 0.3 is 11.9 Å². The normalized spacial score (nSPS) is 10.1. The molecule has 2 rings (SSSR count). The van der Waals surface area contributed by atoms with Gasteiger partial charge in [-0.1, -0.05) is 38.1 Å². The second kappa shape index (κ2) is 10.1. The van der Waals surface area contributed by atoms with E-state index in [-0.39, 0.29) is 11.1 Å². The molecule has 0 saturated carbocycles. The molecule has 26 heavy (non-hydrogen) atoms. The summed E-state index contributed by atoms with van der Waals surface area (Å²) in [4.78, 5) is 33.8. The van der Waals surface area contributed by atoms with Gasteiger partial charge < -0.3 is 9.47 Å². The highest BCUT2D eigenvalue weighted by atomic mass is 17.2. The van der Waals surface area contributed by atoms with Crippen molar-refractivity contribution in [2.75, 3.05) is 13.2 Å². The molecule has 0 aromatic heterocycles. The SMILES string of the molecule is CCCOc1ccccc1C(=O)OOC(=O)c1ccccc1OCCC. The quantitative estimate of drug-likeness (QED) is 0.520. The largest absolute Gasteiger partial charge is 0.493 e. The van der Waals surface area contributed by atoms with Crippen LogP contribution in [-0.4, -0.2) is 25.2 Å². The predicted octanol–water partition coefficient (Wildman–Crippen LogP) is 4.19. The fourth-order valence-electron chi connectivity index (χ4n) is 2.11. The smallest absolute Gasteiger partial charge is 0.390 e. The van der Waals surface area contributed by atoms with Crippen molar-refractivity contribution >= 4 is 11.9 Å². The summed E-state index contributed by atoms with van der Waals surface area (Å²) in [6.45, 7) is 4.85. The minimum Gasteiger partial charge on any atom is -0.493 e. The van der Waals surface area contributed by atoms with Crippen LogP contribution >= 0.6 is 0 Å². The molecule has 138 valence electrons. The highest BCUT2D eigenvalue weighted by Gasteiger charge is 2.20. The van der Waals surface area contributed by atoms with Crippen molar-refractivity contribution < 1.29 is 28.8 Å². The van der Waals surface area contributed by atoms with Gasteiger partial charge in [0.25, 0.3) is 0 Å². The van der Waals surface area contributed by atoms with Gasteiger partial charge in [-0.3, -0.25) is 0 Å². The van der Waals surface area contributed by atoms with E-state index in [1.807, 2.05) is 13.8 Å². The van der Waals surface area contributed by atoms with E-state index in [0.717, 1.165) is 12.8 Å². The number of para-hydroxylation sites is 2. The van der Waals surface area contributed by atoms with Gasteiger partial charge in [0, 0.05) is 0 Å². The fraction of sp³-hybridized carbons (Fsp3) is 0.300. The van der Waals surface area contributed by atoms with Crippen LogP contribution in [0.2, 0.25) is 0 Å². The number of hydrogen-bond donors (Lipinski definition) is 0. The lowest BCUT2D eigenvalue weighted by Gasteiger charge is -2.11. The van der Waals surface area contributed by atoms with Gasteiger partial charge in [0.05, 0.1) is 13.2 Å². The Hall–Kier alpha value is -3.02. The molecule has 0 N–H and O–H groups in total. The molecule has 0 aliphatic carbocycles. The first-order chi connectivity index (χ1) is 12.7. The minimum atomic E-state index is -0.808. The second-order valence-electron chi connectivity index (χ2n) is 5.43. The van der Waals surface area contributed by atoms with Gasteiger partial charge in [0.1, 0.15) is 22.6 Å². The molecule has 0 radical (unpaired) electrons. The molecule has 0 aliphatic heterocycles. The molecular weight excluding hydrogens is 336 g/mol. The first-order valence-electron chi connectivity index (χ1n) is 8.54. The molecule has 6 heteroatoms. The van der Waals surface area contributed by atoms with Crippen LogP contribution in [0.15, 0.2) is 48.5 Å². The average Bonchev–Trinajstić information content (AvgIpc) is 2.69. The summed E-state index contributed by atoms with van der Waals surface area (Å²) in [5.41, 5.74) is 0.369. The van der Waals surface area contributed by atoms with Crippen molar-refractivity contribution in [3.8, 4) is 11.5 Å². The van der Waals surface area contributed by atoms with E-state index in [9.17, 15) is 9.59 Å². The number of carbonyl (C=O) groups excluding carboxylic acids is 2. The first-order valence-corrected chi connectivity index (χ1v) is 8.54. The Balaban J connectivity index is 2.03. The molecule has 6 nitrogen and oxygen atoms in total. The zero-order chi connectivity index (χ0) is 18.8. The highest BCUT2D eigenvalue weighted by molar-refractivity contribution is 5.95. The Kier molecular flexibility index (Phi) is 7.49. The van der Waals surface area contributed by atoms with Crippen molar-refractivity contribution in [3.05, 3.63) is 59.7 Å². The molecule has 0 amide bonds. The Bertz CT molecular complexity index is 677. The van der Waals surface area contributed by atoms with Crippen LogP contribution in [0.25, 0.3) is 0 Å². The van der Waals surface area contributed by atoms with E-state index in [1.54, 1.807) is 48.5 Å². The van der Waals surface area contributed by atoms with Crippen LogP contribution < -0.4 is 9.47 Å². The lowest BCUT2D eigenvalue weighted by atomic mass is 10.2. The van der Waals surface area contributed by atoms with E-state index < -0.39 is 11.9 Å². The maximum atomic E-state index is 12.2. The van der Waals surface area contributed by atoms with Crippen molar-refractivity contribution in [1.29, 1.82) is 0 Å². The number of benzene rings is 2. The number of carbonyl (C=O) groups is 2. The van der Waals surface area contributed by atoms with E-state index in [4.69, 9.17) is 19.2 Å². The Morgan fingerprint density at radius 1 is 0.692 bits per heavy atom. The van der Waals surface area contributed by atoms with Gasteiger partial charge in [0.15, 0.2) is 0 Å². The van der Waals surface area contributed by atoms with Crippen molar-refractivity contribution in [1.82, 2.24) is 0 Å². The molecule has 0 unspecified atom stereocenters. The second-order valence-corrected chi connectivity index (χ2v) is 5.43. The average molecular weight is 358 g/mol. The lowest BCUT2D eigenvalue weighted by molar-refractivity contribution is -0.187. The number of hydrogen-bond acceptors (Lipinski definition) is 6. The third-order valence-corrected chi connectivity index (χ3v) is 3.33. The molecule has 0 bridgehead atoms. The molecule has 0 aliphatic rings. The summed E-state index contributed by atoms with van der Waals surface area (Å²) >= 11 is 0. The number of rotatable bonds is 8. The van der Waals surface area contributed by atoms with E-state index in [1.165, 1.54) is 0 Å². The van der Waals surface area contributed by atoms with Crippen molar-refractivity contribution in [2.24, 2.45) is 0 Å². The van der Waals surface area contributed by atoms with Crippen LogP contribution in [0.5, 0.6) is 11.5 Å².